The zero-order valence-electron chi connectivity index (χ0n) is 17.7. The van der Waals surface area contributed by atoms with Crippen molar-refractivity contribution in [2.24, 2.45) is 29.4 Å². The van der Waals surface area contributed by atoms with Crippen molar-refractivity contribution in [2.75, 3.05) is 44.2 Å². The number of nitrogens with two attached hydrogens (primary N) is 1. The Bertz CT molecular complexity index is 722. The predicted octanol–water partition coefficient (Wildman–Crippen LogP) is 1.03. The molecule has 3 aliphatic rings. The van der Waals surface area contributed by atoms with Gasteiger partial charge in [0.1, 0.15) is 0 Å². The van der Waals surface area contributed by atoms with Crippen molar-refractivity contribution in [3.63, 3.8) is 0 Å². The molecule has 0 spiro atoms. The lowest BCUT2D eigenvalue weighted by atomic mass is 9.78. The molecular formula is C22H34N6O2. The topological polar surface area (TPSA) is 104 Å². The van der Waals surface area contributed by atoms with Crippen LogP contribution in [0.15, 0.2) is 18.5 Å². The van der Waals surface area contributed by atoms with Gasteiger partial charge in [-0.1, -0.05) is 6.42 Å². The Labute approximate surface area is 178 Å². The lowest BCUT2D eigenvalue weighted by Gasteiger charge is -2.34. The van der Waals surface area contributed by atoms with Crippen molar-refractivity contribution in [2.45, 2.75) is 38.5 Å². The molecule has 1 saturated heterocycles. The molecule has 8 nitrogen and oxygen atoms in total. The summed E-state index contributed by atoms with van der Waals surface area (Å²) >= 11 is 0. The van der Waals surface area contributed by atoms with Gasteiger partial charge < -0.3 is 16.0 Å². The van der Waals surface area contributed by atoms with Gasteiger partial charge in [0.05, 0.1) is 11.8 Å². The molecular weight excluding hydrogens is 380 g/mol. The Morgan fingerprint density at radius 2 is 1.70 bits per heavy atom. The third-order valence-electron chi connectivity index (χ3n) is 7.21. The molecule has 2 heterocycles. The minimum absolute atomic E-state index is 0.0465. The number of nitrogens with zero attached hydrogens (tertiary/aromatic N) is 4. The number of nitrogens with one attached hydrogen (secondary N) is 1. The van der Waals surface area contributed by atoms with E-state index in [9.17, 15) is 9.59 Å². The van der Waals surface area contributed by atoms with Gasteiger partial charge >= 0.3 is 0 Å². The van der Waals surface area contributed by atoms with Gasteiger partial charge in [-0.3, -0.25) is 14.5 Å². The van der Waals surface area contributed by atoms with Crippen LogP contribution < -0.4 is 16.0 Å². The second kappa shape index (κ2) is 9.73. The maximum absolute atomic E-state index is 12.6. The summed E-state index contributed by atoms with van der Waals surface area (Å²) in [7, 11) is 0. The molecule has 0 radical (unpaired) electrons. The predicted molar refractivity (Wildman–Crippen MR) is 115 cm³/mol. The van der Waals surface area contributed by atoms with E-state index in [1.165, 1.54) is 0 Å². The molecule has 4 atom stereocenters. The number of carbonyl (C=O) groups excluding carboxylic acids is 2. The first-order valence-electron chi connectivity index (χ1n) is 11.4. The molecule has 0 aromatic carbocycles. The van der Waals surface area contributed by atoms with Gasteiger partial charge in [0.2, 0.25) is 17.8 Å². The number of piperazine rings is 1. The largest absolute Gasteiger partial charge is 0.369 e. The van der Waals surface area contributed by atoms with Crippen molar-refractivity contribution in [1.82, 2.24) is 20.2 Å². The first-order chi connectivity index (χ1) is 14.6. The van der Waals surface area contributed by atoms with Crippen LogP contribution in [0.3, 0.4) is 0 Å². The number of amides is 2. The van der Waals surface area contributed by atoms with E-state index >= 15 is 0 Å². The second-order valence-corrected chi connectivity index (χ2v) is 9.02. The van der Waals surface area contributed by atoms with E-state index in [0.29, 0.717) is 18.4 Å². The van der Waals surface area contributed by atoms with Gasteiger partial charge in [-0.05, 0) is 56.6 Å². The maximum atomic E-state index is 12.6. The van der Waals surface area contributed by atoms with Crippen molar-refractivity contribution in [3.05, 3.63) is 18.5 Å². The van der Waals surface area contributed by atoms with Gasteiger partial charge in [-0.25, -0.2) is 9.97 Å². The maximum Gasteiger partial charge on any atom is 0.225 e. The minimum atomic E-state index is -0.290. The van der Waals surface area contributed by atoms with Crippen LogP contribution in [0.1, 0.15) is 38.5 Å². The fourth-order valence-electron chi connectivity index (χ4n) is 5.67. The van der Waals surface area contributed by atoms with Crippen LogP contribution in [-0.4, -0.2) is 66.0 Å². The number of unbranched alkanes of at least 4 members (excludes halogenated alkanes) is 2. The Hall–Kier alpha value is -2.22. The summed E-state index contributed by atoms with van der Waals surface area (Å²) in [5.74, 6) is 0.827. The quantitative estimate of drug-likeness (QED) is 0.585. The molecule has 3 fully saturated rings. The van der Waals surface area contributed by atoms with E-state index in [-0.39, 0.29) is 23.7 Å². The highest BCUT2D eigenvalue weighted by atomic mass is 16.2. The van der Waals surface area contributed by atoms with Crippen LogP contribution >= 0.6 is 0 Å². The Kier molecular flexibility index (Phi) is 6.82. The molecule has 2 aliphatic carbocycles. The van der Waals surface area contributed by atoms with E-state index in [0.717, 1.165) is 77.2 Å². The van der Waals surface area contributed by atoms with E-state index in [1.54, 1.807) is 12.4 Å². The van der Waals surface area contributed by atoms with Crippen molar-refractivity contribution >= 4 is 17.8 Å². The number of rotatable bonds is 9. The number of aromatic nitrogens is 2. The average molecular weight is 415 g/mol. The third kappa shape index (κ3) is 4.74. The molecule has 164 valence electrons. The van der Waals surface area contributed by atoms with Crippen LogP contribution in [0.4, 0.5) is 5.95 Å². The SMILES string of the molecule is NC(=O)[C@H]1[C@@H]2CC[C@@H](C2)[C@H]1C(=O)NCCCCCN1CCN(c2ncccn2)CC1. The van der Waals surface area contributed by atoms with Gasteiger partial charge in [0.25, 0.3) is 0 Å². The lowest BCUT2D eigenvalue weighted by Crippen LogP contribution is -2.47. The normalized spacial score (nSPS) is 28.6. The summed E-state index contributed by atoms with van der Waals surface area (Å²) in [6.45, 7) is 5.78. The molecule has 2 amide bonds. The van der Waals surface area contributed by atoms with Crippen LogP contribution in [0.2, 0.25) is 0 Å². The monoisotopic (exact) mass is 414 g/mol. The van der Waals surface area contributed by atoms with E-state index in [1.807, 2.05) is 6.07 Å². The van der Waals surface area contributed by atoms with Gasteiger partial charge in [-0.15, -0.1) is 0 Å². The van der Waals surface area contributed by atoms with Gasteiger partial charge in [0, 0.05) is 45.1 Å². The Balaban J connectivity index is 1.09. The number of carbonyl (C=O) groups is 2. The summed E-state index contributed by atoms with van der Waals surface area (Å²) in [4.78, 5) is 37.8. The summed E-state index contributed by atoms with van der Waals surface area (Å²) in [5, 5.41) is 3.08. The van der Waals surface area contributed by atoms with Crippen molar-refractivity contribution in [3.8, 4) is 0 Å². The minimum Gasteiger partial charge on any atom is -0.369 e. The van der Waals surface area contributed by atoms with Gasteiger partial charge in [-0.2, -0.15) is 0 Å². The molecule has 8 heteroatoms. The molecule has 3 N–H and O–H groups in total. The smallest absolute Gasteiger partial charge is 0.225 e. The zero-order chi connectivity index (χ0) is 20.9. The number of hydrogen-bond acceptors (Lipinski definition) is 6. The van der Waals surface area contributed by atoms with Crippen LogP contribution in [0.5, 0.6) is 0 Å². The fourth-order valence-corrected chi connectivity index (χ4v) is 5.67. The van der Waals surface area contributed by atoms with Crippen LogP contribution in [-0.2, 0) is 9.59 Å². The molecule has 4 rings (SSSR count). The highest BCUT2D eigenvalue weighted by Gasteiger charge is 2.52. The first-order valence-corrected chi connectivity index (χ1v) is 11.4. The molecule has 1 aromatic rings. The van der Waals surface area contributed by atoms with E-state index in [4.69, 9.17) is 5.73 Å². The molecule has 2 bridgehead atoms. The Morgan fingerprint density at radius 3 is 2.40 bits per heavy atom. The highest BCUT2D eigenvalue weighted by molar-refractivity contribution is 5.88. The molecule has 2 saturated carbocycles. The molecule has 0 unspecified atom stereocenters. The lowest BCUT2D eigenvalue weighted by molar-refractivity contribution is -0.135. The van der Waals surface area contributed by atoms with Crippen LogP contribution in [0, 0.1) is 23.7 Å². The van der Waals surface area contributed by atoms with Crippen molar-refractivity contribution < 1.29 is 9.59 Å². The average Bonchev–Trinajstić information content (AvgIpc) is 3.39. The number of primary amides is 1. The summed E-state index contributed by atoms with van der Waals surface area (Å²) < 4.78 is 0. The summed E-state index contributed by atoms with van der Waals surface area (Å²) in [6.07, 6.45) is 9.90. The van der Waals surface area contributed by atoms with Gasteiger partial charge in [0.15, 0.2) is 0 Å². The molecule has 1 aromatic heterocycles. The summed E-state index contributed by atoms with van der Waals surface area (Å²) in [5.41, 5.74) is 5.59. The zero-order valence-corrected chi connectivity index (χ0v) is 17.7. The summed E-state index contributed by atoms with van der Waals surface area (Å²) in [6, 6.07) is 1.84. The highest BCUT2D eigenvalue weighted by Crippen LogP contribution is 2.52. The number of hydrogen-bond donors (Lipinski definition) is 2. The fraction of sp³-hybridized carbons (Fsp3) is 0.727. The van der Waals surface area contributed by atoms with E-state index < -0.39 is 0 Å². The van der Waals surface area contributed by atoms with E-state index in [2.05, 4.69) is 25.1 Å². The third-order valence-corrected chi connectivity index (χ3v) is 7.21. The van der Waals surface area contributed by atoms with Crippen LogP contribution in [0.25, 0.3) is 0 Å². The van der Waals surface area contributed by atoms with Crippen molar-refractivity contribution in [1.29, 1.82) is 0 Å². The first kappa shape index (κ1) is 21.0. The number of fused-ring (bicyclic) bond motifs is 2. The second-order valence-electron chi connectivity index (χ2n) is 9.02. The number of anilines is 1. The standard InChI is InChI=1S/C22H34N6O2/c23-20(29)18-16-5-6-17(15-16)19(18)21(30)24-7-2-1-3-10-27-11-13-28(14-12-27)22-25-8-4-9-26-22/h4,8-9,16-19H,1-3,5-7,10-15H2,(H2,23,29)(H,24,30)/t16-,17+,18+,19-/m1/s1. The Morgan fingerprint density at radius 1 is 1.00 bits per heavy atom. The molecule has 30 heavy (non-hydrogen) atoms. The molecule has 1 aliphatic heterocycles.